The summed E-state index contributed by atoms with van der Waals surface area (Å²) >= 11 is 5.95. The van der Waals surface area contributed by atoms with Gasteiger partial charge in [-0.3, -0.25) is 0 Å². The van der Waals surface area contributed by atoms with Crippen molar-refractivity contribution in [3.8, 4) is 11.8 Å². The summed E-state index contributed by atoms with van der Waals surface area (Å²) in [4.78, 5) is 19.4. The molecule has 0 saturated heterocycles. The number of hydrogen-bond donors (Lipinski definition) is 2. The number of carbonyl (C=O) groups excluding carboxylic acids is 1. The maximum atomic E-state index is 11.9. The highest BCUT2D eigenvalue weighted by molar-refractivity contribution is 6.33. The Morgan fingerprint density at radius 2 is 2.00 bits per heavy atom. The van der Waals surface area contributed by atoms with Crippen LogP contribution in [-0.2, 0) is 6.54 Å². The molecule has 0 aliphatic carbocycles. The molecule has 1 heterocycles. The van der Waals surface area contributed by atoms with E-state index in [1.807, 2.05) is 0 Å². The molecule has 0 fully saturated rings. The Morgan fingerprint density at radius 3 is 2.57 bits per heavy atom. The van der Waals surface area contributed by atoms with Gasteiger partial charge in [0, 0.05) is 17.0 Å². The zero-order valence-electron chi connectivity index (χ0n) is 10.5. The number of hydrogen-bond acceptors (Lipinski definition) is 5. The number of aromatic nitrogens is 1. The standard InChI is InChI=1S/C12H9ClN4O4/c13-9-5-7(6-15-16-14)1-2-8(9)12(20)21-17-10(18)3-4-11(17)19/h1-5,18-19H,6H2. The van der Waals surface area contributed by atoms with Crippen LogP contribution in [0, 0.1) is 0 Å². The van der Waals surface area contributed by atoms with Crippen LogP contribution in [0.1, 0.15) is 15.9 Å². The monoisotopic (exact) mass is 308 g/mol. The largest absolute Gasteiger partial charge is 0.492 e. The SMILES string of the molecule is [N-]=[N+]=NCc1ccc(C(=O)On2c(O)ccc2O)c(Cl)c1. The fourth-order valence-corrected chi connectivity index (χ4v) is 1.84. The fourth-order valence-electron chi connectivity index (χ4n) is 1.56. The lowest BCUT2D eigenvalue weighted by atomic mass is 10.1. The molecule has 8 nitrogen and oxygen atoms in total. The van der Waals surface area contributed by atoms with Crippen molar-refractivity contribution in [1.82, 2.24) is 4.73 Å². The first kappa shape index (κ1) is 14.6. The third kappa shape index (κ3) is 3.19. The Morgan fingerprint density at radius 1 is 1.33 bits per heavy atom. The van der Waals surface area contributed by atoms with E-state index >= 15 is 0 Å². The summed E-state index contributed by atoms with van der Waals surface area (Å²) in [5.41, 5.74) is 8.90. The minimum absolute atomic E-state index is 0.0360. The van der Waals surface area contributed by atoms with E-state index in [4.69, 9.17) is 22.0 Å². The highest BCUT2D eigenvalue weighted by atomic mass is 35.5. The number of halogens is 1. The molecule has 2 N–H and O–H groups in total. The van der Waals surface area contributed by atoms with Crippen LogP contribution in [0.2, 0.25) is 5.02 Å². The van der Waals surface area contributed by atoms with Crippen LogP contribution in [0.15, 0.2) is 35.4 Å². The Labute approximate surface area is 123 Å². The Balaban J connectivity index is 2.22. The molecule has 0 unspecified atom stereocenters. The van der Waals surface area contributed by atoms with Gasteiger partial charge in [-0.25, -0.2) is 4.79 Å². The lowest BCUT2D eigenvalue weighted by Gasteiger charge is -2.08. The molecule has 0 aliphatic rings. The van der Waals surface area contributed by atoms with Crippen molar-refractivity contribution in [2.45, 2.75) is 6.54 Å². The van der Waals surface area contributed by atoms with Gasteiger partial charge < -0.3 is 15.1 Å². The molecule has 0 amide bonds. The van der Waals surface area contributed by atoms with Crippen molar-refractivity contribution < 1.29 is 19.8 Å². The Bertz CT molecular complexity index is 717. The number of azide groups is 1. The van der Waals surface area contributed by atoms with E-state index in [1.165, 1.54) is 12.1 Å². The van der Waals surface area contributed by atoms with Gasteiger partial charge in [-0.1, -0.05) is 22.8 Å². The number of aromatic hydroxyl groups is 2. The van der Waals surface area contributed by atoms with Crippen LogP contribution in [-0.4, -0.2) is 20.9 Å². The number of benzene rings is 1. The summed E-state index contributed by atoms with van der Waals surface area (Å²) in [7, 11) is 0. The van der Waals surface area contributed by atoms with E-state index in [2.05, 4.69) is 10.0 Å². The topological polar surface area (TPSA) is 120 Å². The number of rotatable bonds is 4. The molecule has 0 saturated carbocycles. The van der Waals surface area contributed by atoms with Crippen molar-refractivity contribution in [3.63, 3.8) is 0 Å². The smallest absolute Gasteiger partial charge is 0.365 e. The summed E-state index contributed by atoms with van der Waals surface area (Å²) in [6.45, 7) is 0.102. The first-order valence-corrected chi connectivity index (χ1v) is 6.02. The van der Waals surface area contributed by atoms with Crippen molar-refractivity contribution in [3.05, 3.63) is 56.9 Å². The average molecular weight is 309 g/mol. The molecule has 0 spiro atoms. The molecule has 108 valence electrons. The second kappa shape index (κ2) is 6.08. The fraction of sp³-hybridized carbons (Fsp3) is 0.0833. The highest BCUT2D eigenvalue weighted by Gasteiger charge is 2.17. The molecule has 0 bridgehead atoms. The minimum atomic E-state index is -0.864. The minimum Gasteiger partial charge on any atom is -0.492 e. The van der Waals surface area contributed by atoms with Gasteiger partial charge in [-0.2, -0.15) is 0 Å². The van der Waals surface area contributed by atoms with E-state index < -0.39 is 17.7 Å². The maximum Gasteiger partial charge on any atom is 0.365 e. The van der Waals surface area contributed by atoms with Crippen molar-refractivity contribution in [1.29, 1.82) is 0 Å². The summed E-state index contributed by atoms with van der Waals surface area (Å²) in [6, 6.07) is 6.72. The van der Waals surface area contributed by atoms with E-state index in [-0.39, 0.29) is 17.1 Å². The van der Waals surface area contributed by atoms with E-state index in [9.17, 15) is 15.0 Å². The van der Waals surface area contributed by atoms with Gasteiger partial charge in [0.2, 0.25) is 11.8 Å². The van der Waals surface area contributed by atoms with Crippen LogP contribution < -0.4 is 4.84 Å². The molecule has 2 aromatic rings. The molecule has 0 radical (unpaired) electrons. The summed E-state index contributed by atoms with van der Waals surface area (Å²) in [6.07, 6.45) is 0. The van der Waals surface area contributed by atoms with E-state index in [0.717, 1.165) is 12.1 Å². The van der Waals surface area contributed by atoms with Crippen molar-refractivity contribution in [2.75, 3.05) is 0 Å². The second-order valence-corrected chi connectivity index (χ2v) is 4.33. The molecule has 0 atom stereocenters. The van der Waals surface area contributed by atoms with Gasteiger partial charge >= 0.3 is 5.97 Å². The normalized spacial score (nSPS) is 9.95. The van der Waals surface area contributed by atoms with Crippen LogP contribution in [0.4, 0.5) is 0 Å². The third-order valence-corrected chi connectivity index (χ3v) is 2.85. The summed E-state index contributed by atoms with van der Waals surface area (Å²) in [5, 5.41) is 22.2. The highest BCUT2D eigenvalue weighted by Crippen LogP contribution is 2.22. The lowest BCUT2D eigenvalue weighted by molar-refractivity contribution is 0.0382. The molecule has 21 heavy (non-hydrogen) atoms. The summed E-state index contributed by atoms with van der Waals surface area (Å²) < 4.78 is 0.562. The quantitative estimate of drug-likeness (QED) is 0.512. The lowest BCUT2D eigenvalue weighted by Crippen LogP contribution is -2.19. The zero-order valence-corrected chi connectivity index (χ0v) is 11.2. The first-order chi connectivity index (χ1) is 10.0. The van der Waals surface area contributed by atoms with Gasteiger partial charge in [0.25, 0.3) is 0 Å². The molecule has 2 rings (SSSR count). The molecule has 0 aliphatic heterocycles. The van der Waals surface area contributed by atoms with Crippen molar-refractivity contribution >= 4 is 17.6 Å². The molecule has 1 aromatic carbocycles. The first-order valence-electron chi connectivity index (χ1n) is 5.64. The predicted molar refractivity (Wildman–Crippen MR) is 73.0 cm³/mol. The Kier molecular flexibility index (Phi) is 4.22. The number of carbonyl (C=O) groups is 1. The third-order valence-electron chi connectivity index (χ3n) is 2.54. The number of nitrogens with zero attached hydrogens (tertiary/aromatic N) is 4. The van der Waals surface area contributed by atoms with Gasteiger partial charge in [0.05, 0.1) is 17.1 Å². The molecular weight excluding hydrogens is 300 g/mol. The average Bonchev–Trinajstić information content (AvgIpc) is 2.77. The van der Waals surface area contributed by atoms with Crippen LogP contribution >= 0.6 is 11.6 Å². The Hall–Kier alpha value is -2.83. The van der Waals surface area contributed by atoms with Gasteiger partial charge in [-0.15, -0.1) is 4.73 Å². The van der Waals surface area contributed by atoms with Crippen LogP contribution in [0.25, 0.3) is 10.4 Å². The maximum absolute atomic E-state index is 11.9. The van der Waals surface area contributed by atoms with E-state index in [0.29, 0.717) is 10.3 Å². The van der Waals surface area contributed by atoms with Crippen LogP contribution in [0.5, 0.6) is 11.8 Å². The van der Waals surface area contributed by atoms with E-state index in [1.54, 1.807) is 6.07 Å². The second-order valence-electron chi connectivity index (χ2n) is 3.93. The summed E-state index contributed by atoms with van der Waals surface area (Å²) in [5.74, 6) is -1.73. The van der Waals surface area contributed by atoms with Gasteiger partial charge in [0.1, 0.15) is 0 Å². The molecule has 9 heteroatoms. The predicted octanol–water partition coefficient (Wildman–Crippen LogP) is 2.63. The van der Waals surface area contributed by atoms with Gasteiger partial charge in [0.15, 0.2) is 0 Å². The van der Waals surface area contributed by atoms with Crippen molar-refractivity contribution in [2.24, 2.45) is 5.11 Å². The van der Waals surface area contributed by atoms with Crippen LogP contribution in [0.3, 0.4) is 0 Å². The zero-order chi connectivity index (χ0) is 15.4. The molecular formula is C12H9ClN4O4. The van der Waals surface area contributed by atoms with Gasteiger partial charge in [-0.05, 0) is 23.2 Å². The molecule has 1 aromatic heterocycles.